The highest BCUT2D eigenvalue weighted by Crippen LogP contribution is 2.28. The van der Waals surface area contributed by atoms with E-state index in [0.29, 0.717) is 11.3 Å². The second-order valence-electron chi connectivity index (χ2n) is 5.53. The first kappa shape index (κ1) is 17.8. The molecule has 2 aromatic heterocycles. The monoisotopic (exact) mass is 369 g/mol. The molecule has 0 aliphatic heterocycles. The molecule has 0 atom stereocenters. The Hall–Kier alpha value is -3.06. The van der Waals surface area contributed by atoms with Crippen molar-refractivity contribution in [2.45, 2.75) is 12.8 Å². The van der Waals surface area contributed by atoms with Crippen LogP contribution in [0.3, 0.4) is 0 Å². The van der Waals surface area contributed by atoms with E-state index >= 15 is 0 Å². The van der Waals surface area contributed by atoms with E-state index in [-0.39, 0.29) is 18.1 Å². The Morgan fingerprint density at radius 1 is 1.04 bits per heavy atom. The van der Waals surface area contributed by atoms with Crippen LogP contribution in [0.25, 0.3) is 10.4 Å². The molecule has 132 valence electrons. The maximum Gasteiger partial charge on any atom is 0.279 e. The van der Waals surface area contributed by atoms with Crippen molar-refractivity contribution in [2.75, 3.05) is 0 Å². The van der Waals surface area contributed by atoms with Crippen LogP contribution in [0.4, 0.5) is 4.39 Å². The number of pyridine rings is 1. The largest absolute Gasteiger partial charge is 0.279 e. The minimum absolute atomic E-state index is 0.247. The summed E-state index contributed by atoms with van der Waals surface area (Å²) in [5.74, 6) is -0.979. The topological polar surface area (TPSA) is 71.1 Å². The number of benzene rings is 1. The lowest BCUT2D eigenvalue weighted by molar-refractivity contribution is -0.121. The van der Waals surface area contributed by atoms with Gasteiger partial charge in [0.05, 0.1) is 4.88 Å². The molecule has 0 spiro atoms. The Morgan fingerprint density at radius 3 is 2.58 bits per heavy atom. The highest BCUT2D eigenvalue weighted by molar-refractivity contribution is 7.17. The molecule has 2 amide bonds. The predicted molar refractivity (Wildman–Crippen MR) is 97.9 cm³/mol. The third kappa shape index (κ3) is 4.73. The molecule has 0 bridgehead atoms. The molecule has 0 unspecified atom stereocenters. The van der Waals surface area contributed by atoms with E-state index in [1.807, 2.05) is 12.1 Å². The molecule has 0 saturated heterocycles. The molecule has 0 aliphatic carbocycles. The minimum Gasteiger partial charge on any atom is -0.273 e. The summed E-state index contributed by atoms with van der Waals surface area (Å²) in [5, 5.41) is 0. The molecule has 2 N–H and O–H groups in total. The number of thiophene rings is 1. The molecule has 2 heterocycles. The van der Waals surface area contributed by atoms with Crippen LogP contribution < -0.4 is 10.9 Å². The van der Waals surface area contributed by atoms with Gasteiger partial charge in [0, 0.05) is 23.7 Å². The number of rotatable bonds is 5. The van der Waals surface area contributed by atoms with E-state index < -0.39 is 5.91 Å². The fourth-order valence-electron chi connectivity index (χ4n) is 2.28. The van der Waals surface area contributed by atoms with Crippen LogP contribution in [0, 0.1) is 5.82 Å². The Bertz CT molecular complexity index is 895. The smallest absolute Gasteiger partial charge is 0.273 e. The number of carbonyl (C=O) groups is 2. The number of hydrazine groups is 1. The zero-order valence-corrected chi connectivity index (χ0v) is 14.6. The molecular formula is C19H16FN3O2S. The average Bonchev–Trinajstić information content (AvgIpc) is 3.16. The maximum absolute atomic E-state index is 13.0. The summed E-state index contributed by atoms with van der Waals surface area (Å²) in [7, 11) is 0. The van der Waals surface area contributed by atoms with Gasteiger partial charge in [0.25, 0.3) is 5.91 Å². The Labute approximate surface area is 153 Å². The van der Waals surface area contributed by atoms with Crippen LogP contribution >= 0.6 is 11.3 Å². The van der Waals surface area contributed by atoms with Gasteiger partial charge in [0.2, 0.25) is 5.91 Å². The highest BCUT2D eigenvalue weighted by atomic mass is 32.1. The zero-order chi connectivity index (χ0) is 18.4. The number of hydrogen-bond donors (Lipinski definition) is 2. The zero-order valence-electron chi connectivity index (χ0n) is 13.7. The number of aromatic nitrogens is 1. The number of hydrogen-bond acceptors (Lipinski definition) is 4. The number of carbonyl (C=O) groups excluding carboxylic acids is 2. The molecule has 0 saturated carbocycles. The number of aryl methyl sites for hydroxylation is 1. The molecule has 0 fully saturated rings. The first-order chi connectivity index (χ1) is 12.6. The van der Waals surface area contributed by atoms with E-state index in [4.69, 9.17) is 0 Å². The fraction of sp³-hybridized carbons (Fsp3) is 0.105. The average molecular weight is 369 g/mol. The first-order valence-corrected chi connectivity index (χ1v) is 8.77. The molecule has 3 rings (SSSR count). The summed E-state index contributed by atoms with van der Waals surface area (Å²) >= 11 is 1.27. The molecular weight excluding hydrogens is 353 g/mol. The lowest BCUT2D eigenvalue weighted by Crippen LogP contribution is -2.41. The summed E-state index contributed by atoms with van der Waals surface area (Å²) < 4.78 is 13.0. The molecule has 0 aliphatic rings. The van der Waals surface area contributed by atoms with Crippen molar-refractivity contribution in [2.24, 2.45) is 0 Å². The van der Waals surface area contributed by atoms with Gasteiger partial charge in [-0.2, -0.15) is 0 Å². The molecule has 5 nitrogen and oxygen atoms in total. The van der Waals surface area contributed by atoms with Crippen LogP contribution in [-0.2, 0) is 11.2 Å². The Kier molecular flexibility index (Phi) is 5.70. The first-order valence-electron chi connectivity index (χ1n) is 7.96. The summed E-state index contributed by atoms with van der Waals surface area (Å²) in [5.41, 5.74) is 6.60. The van der Waals surface area contributed by atoms with E-state index in [2.05, 4.69) is 15.8 Å². The third-order valence-corrected chi connectivity index (χ3v) is 4.77. The number of amides is 2. The standard InChI is InChI=1S/C19H16FN3O2S/c20-15-6-4-14(5-7-15)16-8-9-17(26-16)19(25)23-22-18(24)10-3-13-2-1-11-21-12-13/h1-2,4-9,11-12H,3,10H2,(H,22,24)(H,23,25). The predicted octanol–water partition coefficient (Wildman–Crippen LogP) is 3.34. The van der Waals surface area contributed by atoms with E-state index in [9.17, 15) is 14.0 Å². The van der Waals surface area contributed by atoms with Crippen LogP contribution in [0.1, 0.15) is 21.7 Å². The number of nitrogens with one attached hydrogen (secondary N) is 2. The lowest BCUT2D eigenvalue weighted by atomic mass is 10.1. The molecule has 3 aromatic rings. The van der Waals surface area contributed by atoms with E-state index in [0.717, 1.165) is 16.0 Å². The van der Waals surface area contributed by atoms with E-state index in [1.165, 1.54) is 23.5 Å². The van der Waals surface area contributed by atoms with E-state index in [1.54, 1.807) is 36.7 Å². The molecule has 1 aromatic carbocycles. The lowest BCUT2D eigenvalue weighted by Gasteiger charge is -2.06. The van der Waals surface area contributed by atoms with Crippen molar-refractivity contribution < 1.29 is 14.0 Å². The van der Waals surface area contributed by atoms with Crippen molar-refractivity contribution in [1.29, 1.82) is 0 Å². The quantitative estimate of drug-likeness (QED) is 0.678. The normalized spacial score (nSPS) is 10.3. The maximum atomic E-state index is 13.0. The van der Waals surface area contributed by atoms with Crippen molar-refractivity contribution in [3.8, 4) is 10.4 Å². The van der Waals surface area contributed by atoms with Crippen molar-refractivity contribution in [3.05, 3.63) is 77.2 Å². The van der Waals surface area contributed by atoms with Gasteiger partial charge in [-0.3, -0.25) is 25.4 Å². The minimum atomic E-state index is -0.391. The fourth-order valence-corrected chi connectivity index (χ4v) is 3.19. The van der Waals surface area contributed by atoms with Crippen molar-refractivity contribution >= 4 is 23.2 Å². The number of halogens is 1. The Morgan fingerprint density at radius 2 is 1.85 bits per heavy atom. The number of nitrogens with zero attached hydrogens (tertiary/aromatic N) is 1. The van der Waals surface area contributed by atoms with Gasteiger partial charge in [-0.15, -0.1) is 11.3 Å². The summed E-state index contributed by atoms with van der Waals surface area (Å²) in [6, 6.07) is 13.2. The third-order valence-electron chi connectivity index (χ3n) is 3.64. The van der Waals surface area contributed by atoms with Gasteiger partial charge < -0.3 is 0 Å². The summed E-state index contributed by atoms with van der Waals surface area (Å²) in [6.45, 7) is 0. The summed E-state index contributed by atoms with van der Waals surface area (Å²) in [4.78, 5) is 29.3. The molecule has 7 heteroatoms. The second kappa shape index (κ2) is 8.35. The van der Waals surface area contributed by atoms with Gasteiger partial charge in [-0.25, -0.2) is 4.39 Å². The van der Waals surface area contributed by atoms with Gasteiger partial charge in [-0.1, -0.05) is 18.2 Å². The SMILES string of the molecule is O=C(CCc1cccnc1)NNC(=O)c1ccc(-c2ccc(F)cc2)s1. The van der Waals surface area contributed by atoms with Gasteiger partial charge in [0.15, 0.2) is 0 Å². The summed E-state index contributed by atoms with van der Waals surface area (Å²) in [6.07, 6.45) is 4.17. The van der Waals surface area contributed by atoms with Crippen LogP contribution in [0.2, 0.25) is 0 Å². The molecule has 26 heavy (non-hydrogen) atoms. The molecule has 0 radical (unpaired) electrons. The van der Waals surface area contributed by atoms with Crippen molar-refractivity contribution in [3.63, 3.8) is 0 Å². The highest BCUT2D eigenvalue weighted by Gasteiger charge is 2.11. The van der Waals surface area contributed by atoms with Crippen LogP contribution in [0.5, 0.6) is 0 Å². The van der Waals surface area contributed by atoms with Gasteiger partial charge in [0.1, 0.15) is 5.82 Å². The van der Waals surface area contributed by atoms with Crippen LogP contribution in [0.15, 0.2) is 60.9 Å². The Balaban J connectivity index is 1.50. The van der Waals surface area contributed by atoms with Crippen molar-refractivity contribution in [1.82, 2.24) is 15.8 Å². The second-order valence-corrected chi connectivity index (χ2v) is 6.62. The van der Waals surface area contributed by atoms with Gasteiger partial charge >= 0.3 is 0 Å². The van der Waals surface area contributed by atoms with Crippen LogP contribution in [-0.4, -0.2) is 16.8 Å². The van der Waals surface area contributed by atoms with Gasteiger partial charge in [-0.05, 0) is 47.9 Å².